The highest BCUT2D eigenvalue weighted by atomic mass is 16.2. The van der Waals surface area contributed by atoms with Crippen LogP contribution in [0, 0.1) is 0 Å². The predicted molar refractivity (Wildman–Crippen MR) is 93.7 cm³/mol. The highest BCUT2D eigenvalue weighted by Gasteiger charge is 2.26. The van der Waals surface area contributed by atoms with Crippen molar-refractivity contribution in [3.8, 4) is 0 Å². The number of para-hydroxylation sites is 1. The number of carbonyl (C=O) groups excluding carboxylic acids is 2. The van der Waals surface area contributed by atoms with Crippen LogP contribution in [-0.4, -0.2) is 47.1 Å². The molecule has 6 nitrogen and oxygen atoms in total. The summed E-state index contributed by atoms with van der Waals surface area (Å²) in [5.41, 5.74) is 1.22. The molecule has 0 radical (unpaired) electrons. The summed E-state index contributed by atoms with van der Waals surface area (Å²) in [7, 11) is 0. The number of aryl methyl sites for hydroxylation is 1. The van der Waals surface area contributed by atoms with Crippen molar-refractivity contribution in [3.63, 3.8) is 0 Å². The standard InChI is InChI=1S/C18H24N4O2/c1-14(23)20-16-8-12-22(13-16)18(24)19-9-4-10-21-11-7-15-5-2-3-6-17(15)21/h2-3,5-7,11,16H,4,8-10,12-13H2,1H3,(H,19,24)(H,20,23). The molecule has 24 heavy (non-hydrogen) atoms. The quantitative estimate of drug-likeness (QED) is 0.824. The van der Waals surface area contributed by atoms with E-state index in [0.717, 1.165) is 19.4 Å². The van der Waals surface area contributed by atoms with Crippen LogP contribution in [0.4, 0.5) is 4.79 Å². The first-order chi connectivity index (χ1) is 11.6. The first kappa shape index (κ1) is 16.4. The van der Waals surface area contributed by atoms with E-state index in [1.807, 2.05) is 12.1 Å². The Morgan fingerprint density at radius 1 is 1.25 bits per heavy atom. The van der Waals surface area contributed by atoms with E-state index in [1.165, 1.54) is 17.8 Å². The van der Waals surface area contributed by atoms with Crippen LogP contribution in [0.1, 0.15) is 19.8 Å². The van der Waals surface area contributed by atoms with Crippen molar-refractivity contribution in [2.45, 2.75) is 32.4 Å². The number of nitrogens with zero attached hydrogens (tertiary/aromatic N) is 2. The first-order valence-electron chi connectivity index (χ1n) is 8.47. The molecule has 1 atom stereocenters. The minimum absolute atomic E-state index is 0.0405. The number of likely N-dealkylation sites (tertiary alicyclic amines) is 1. The van der Waals surface area contributed by atoms with Gasteiger partial charge in [0.05, 0.1) is 0 Å². The number of hydrogen-bond acceptors (Lipinski definition) is 2. The maximum absolute atomic E-state index is 12.1. The smallest absolute Gasteiger partial charge is 0.317 e. The first-order valence-corrected chi connectivity index (χ1v) is 8.47. The van der Waals surface area contributed by atoms with Crippen LogP contribution in [0.5, 0.6) is 0 Å². The Bertz CT molecular complexity index is 725. The fourth-order valence-electron chi connectivity index (χ4n) is 3.24. The molecule has 1 aromatic heterocycles. The van der Waals surface area contributed by atoms with Crippen molar-refractivity contribution < 1.29 is 9.59 Å². The van der Waals surface area contributed by atoms with E-state index < -0.39 is 0 Å². The lowest BCUT2D eigenvalue weighted by Crippen LogP contribution is -2.42. The second-order valence-electron chi connectivity index (χ2n) is 6.29. The third kappa shape index (κ3) is 3.88. The Hall–Kier alpha value is -2.50. The second kappa shape index (κ2) is 7.38. The molecule has 1 aliphatic rings. The van der Waals surface area contributed by atoms with Crippen molar-refractivity contribution in [1.82, 2.24) is 20.1 Å². The molecule has 0 spiro atoms. The third-order valence-corrected chi connectivity index (χ3v) is 4.42. The average molecular weight is 328 g/mol. The van der Waals surface area contributed by atoms with Crippen LogP contribution in [0.15, 0.2) is 36.5 Å². The number of urea groups is 1. The molecule has 6 heteroatoms. The number of hydrogen-bond donors (Lipinski definition) is 2. The summed E-state index contributed by atoms with van der Waals surface area (Å²) in [4.78, 5) is 25.0. The van der Waals surface area contributed by atoms with Gasteiger partial charge in [0, 0.05) is 50.9 Å². The zero-order valence-corrected chi connectivity index (χ0v) is 14.0. The van der Waals surface area contributed by atoms with Crippen LogP contribution < -0.4 is 10.6 Å². The summed E-state index contributed by atoms with van der Waals surface area (Å²) in [6.45, 7) is 4.31. The number of fused-ring (bicyclic) bond motifs is 1. The molecule has 2 heterocycles. The van der Waals surface area contributed by atoms with E-state index >= 15 is 0 Å². The van der Waals surface area contributed by atoms with Gasteiger partial charge in [-0.2, -0.15) is 0 Å². The number of carbonyl (C=O) groups is 2. The number of rotatable bonds is 5. The van der Waals surface area contributed by atoms with Gasteiger partial charge in [-0.15, -0.1) is 0 Å². The summed E-state index contributed by atoms with van der Waals surface area (Å²) < 4.78 is 2.21. The van der Waals surface area contributed by atoms with Crippen LogP contribution in [0.2, 0.25) is 0 Å². The van der Waals surface area contributed by atoms with Crippen molar-refractivity contribution in [2.24, 2.45) is 0 Å². The van der Waals surface area contributed by atoms with Crippen LogP contribution in [0.25, 0.3) is 10.9 Å². The van der Waals surface area contributed by atoms with Crippen molar-refractivity contribution >= 4 is 22.8 Å². The molecule has 1 unspecified atom stereocenters. The summed E-state index contributed by atoms with van der Waals surface area (Å²) >= 11 is 0. The molecule has 128 valence electrons. The van der Waals surface area contributed by atoms with Gasteiger partial charge in [-0.05, 0) is 30.4 Å². The van der Waals surface area contributed by atoms with Gasteiger partial charge in [0.15, 0.2) is 0 Å². The molecule has 3 amide bonds. The number of aromatic nitrogens is 1. The summed E-state index contributed by atoms with van der Waals surface area (Å²) in [6.07, 6.45) is 3.79. The Kier molecular flexibility index (Phi) is 5.03. The zero-order valence-electron chi connectivity index (χ0n) is 14.0. The van der Waals surface area contributed by atoms with Gasteiger partial charge >= 0.3 is 6.03 Å². The third-order valence-electron chi connectivity index (χ3n) is 4.42. The molecule has 1 saturated heterocycles. The fraction of sp³-hybridized carbons (Fsp3) is 0.444. The molecule has 1 aromatic carbocycles. The largest absolute Gasteiger partial charge is 0.352 e. The van der Waals surface area contributed by atoms with Gasteiger partial charge in [0.25, 0.3) is 0 Å². The molecule has 1 aliphatic heterocycles. The topological polar surface area (TPSA) is 66.4 Å². The van der Waals surface area contributed by atoms with Crippen LogP contribution >= 0.6 is 0 Å². The number of amides is 3. The monoisotopic (exact) mass is 328 g/mol. The van der Waals surface area contributed by atoms with Gasteiger partial charge in [0.2, 0.25) is 5.91 Å². The maximum Gasteiger partial charge on any atom is 0.317 e. The lowest BCUT2D eigenvalue weighted by atomic mass is 10.2. The Morgan fingerprint density at radius 2 is 2.08 bits per heavy atom. The Morgan fingerprint density at radius 3 is 2.92 bits per heavy atom. The minimum atomic E-state index is -0.0415. The van der Waals surface area contributed by atoms with Crippen LogP contribution in [0.3, 0.4) is 0 Å². The van der Waals surface area contributed by atoms with E-state index in [-0.39, 0.29) is 18.0 Å². The highest BCUT2D eigenvalue weighted by molar-refractivity contribution is 5.80. The second-order valence-corrected chi connectivity index (χ2v) is 6.29. The van der Waals surface area contributed by atoms with Gasteiger partial charge in [0.1, 0.15) is 0 Å². The van der Waals surface area contributed by atoms with E-state index in [1.54, 1.807) is 4.90 Å². The average Bonchev–Trinajstić information content (AvgIpc) is 3.18. The van der Waals surface area contributed by atoms with Gasteiger partial charge in [-0.25, -0.2) is 4.79 Å². The lowest BCUT2D eigenvalue weighted by Gasteiger charge is -2.17. The highest BCUT2D eigenvalue weighted by Crippen LogP contribution is 2.15. The van der Waals surface area contributed by atoms with Gasteiger partial charge in [-0.3, -0.25) is 4.79 Å². The summed E-state index contributed by atoms with van der Waals surface area (Å²) in [6, 6.07) is 10.4. The predicted octanol–water partition coefficient (Wildman–Crippen LogP) is 1.95. The number of nitrogens with one attached hydrogen (secondary N) is 2. The SMILES string of the molecule is CC(=O)NC1CCN(C(=O)NCCCn2ccc3ccccc32)C1. The van der Waals surface area contributed by atoms with Crippen LogP contribution in [-0.2, 0) is 11.3 Å². The maximum atomic E-state index is 12.1. The summed E-state index contributed by atoms with van der Waals surface area (Å²) in [5.74, 6) is -0.0405. The molecule has 3 rings (SSSR count). The molecule has 2 aromatic rings. The lowest BCUT2D eigenvalue weighted by molar-refractivity contribution is -0.119. The van der Waals surface area contributed by atoms with E-state index in [2.05, 4.69) is 39.6 Å². The van der Waals surface area contributed by atoms with Crippen molar-refractivity contribution in [1.29, 1.82) is 0 Å². The fourth-order valence-corrected chi connectivity index (χ4v) is 3.24. The minimum Gasteiger partial charge on any atom is -0.352 e. The van der Waals surface area contributed by atoms with Crippen molar-refractivity contribution in [3.05, 3.63) is 36.5 Å². The number of benzene rings is 1. The van der Waals surface area contributed by atoms with E-state index in [9.17, 15) is 9.59 Å². The van der Waals surface area contributed by atoms with Crippen molar-refractivity contribution in [2.75, 3.05) is 19.6 Å². The molecular formula is C18H24N4O2. The Labute approximate surface area is 141 Å². The van der Waals surface area contributed by atoms with Gasteiger partial charge < -0.3 is 20.1 Å². The summed E-state index contributed by atoms with van der Waals surface area (Å²) in [5, 5.41) is 7.07. The molecule has 0 aliphatic carbocycles. The van der Waals surface area contributed by atoms with E-state index in [4.69, 9.17) is 0 Å². The Balaban J connectivity index is 1.40. The normalized spacial score (nSPS) is 17.2. The molecule has 0 bridgehead atoms. The molecule has 1 fully saturated rings. The molecular weight excluding hydrogens is 304 g/mol. The molecule has 2 N–H and O–H groups in total. The molecule has 0 saturated carbocycles. The van der Waals surface area contributed by atoms with E-state index in [0.29, 0.717) is 19.6 Å². The van der Waals surface area contributed by atoms with Gasteiger partial charge in [-0.1, -0.05) is 18.2 Å². The zero-order chi connectivity index (χ0) is 16.9.